The zero-order valence-corrected chi connectivity index (χ0v) is 22.8. The fourth-order valence-corrected chi connectivity index (χ4v) is 7.31. The van der Waals surface area contributed by atoms with Crippen molar-refractivity contribution < 1.29 is 53.4 Å². The first kappa shape index (κ1) is 27.8. The van der Waals surface area contributed by atoms with Gasteiger partial charge in [-0.2, -0.15) is 0 Å². The molecule has 0 radical (unpaired) electrons. The zero-order chi connectivity index (χ0) is 29.8. The van der Waals surface area contributed by atoms with Crippen molar-refractivity contribution in [1.82, 2.24) is 0 Å². The van der Waals surface area contributed by atoms with E-state index in [9.17, 15) is 34.5 Å². The van der Waals surface area contributed by atoms with Crippen LogP contribution in [0.5, 0.6) is 11.5 Å². The number of benzene rings is 2. The number of hydrogen-bond donors (Lipinski definition) is 3. The van der Waals surface area contributed by atoms with Crippen LogP contribution >= 0.6 is 0 Å². The molecule has 3 N–H and O–H groups in total. The van der Waals surface area contributed by atoms with Gasteiger partial charge in [0.05, 0.1) is 17.4 Å². The van der Waals surface area contributed by atoms with Gasteiger partial charge in [-0.1, -0.05) is 42.8 Å². The minimum absolute atomic E-state index is 0.0423. The lowest BCUT2D eigenvalue weighted by Gasteiger charge is -2.59. The van der Waals surface area contributed by atoms with Crippen molar-refractivity contribution in [2.24, 2.45) is 5.92 Å². The maximum absolute atomic E-state index is 13.7. The van der Waals surface area contributed by atoms with Gasteiger partial charge in [0.25, 0.3) is 0 Å². The van der Waals surface area contributed by atoms with Gasteiger partial charge in [0, 0.05) is 18.1 Å². The first-order valence-electron chi connectivity index (χ1n) is 13.9. The van der Waals surface area contributed by atoms with Crippen LogP contribution in [0.25, 0.3) is 0 Å². The lowest BCUT2D eigenvalue weighted by Crippen LogP contribution is -2.67. The van der Waals surface area contributed by atoms with Crippen LogP contribution in [0.4, 0.5) is 0 Å². The number of carboxylic acids is 1. The Morgan fingerprint density at radius 3 is 2.55 bits per heavy atom. The zero-order valence-electron chi connectivity index (χ0n) is 22.8. The monoisotopic (exact) mass is 578 g/mol. The number of aliphatic carboxylic acids is 1. The molecular weight excluding hydrogens is 548 g/mol. The molecular formula is C31H30O11. The van der Waals surface area contributed by atoms with E-state index in [2.05, 4.69) is 0 Å². The normalized spacial score (nSPS) is 27.8. The van der Waals surface area contributed by atoms with Crippen molar-refractivity contribution in [2.75, 3.05) is 0 Å². The number of hydrogen-bond acceptors (Lipinski definition) is 10. The Bertz CT molecular complexity index is 1480. The third-order valence-electron chi connectivity index (χ3n) is 8.96. The van der Waals surface area contributed by atoms with Crippen molar-refractivity contribution >= 4 is 23.9 Å². The molecule has 11 heteroatoms. The Kier molecular flexibility index (Phi) is 6.72. The molecule has 6 atom stereocenters. The summed E-state index contributed by atoms with van der Waals surface area (Å²) < 4.78 is 22.5. The molecule has 1 spiro atoms. The third-order valence-corrected chi connectivity index (χ3v) is 8.96. The van der Waals surface area contributed by atoms with Crippen LogP contribution in [0.15, 0.2) is 54.3 Å². The summed E-state index contributed by atoms with van der Waals surface area (Å²) >= 11 is 0. The summed E-state index contributed by atoms with van der Waals surface area (Å²) in [5.41, 5.74) is -0.139. The molecule has 0 unspecified atom stereocenters. The second-order valence-electron chi connectivity index (χ2n) is 11.3. The summed E-state index contributed by atoms with van der Waals surface area (Å²) in [6.07, 6.45) is -0.545. The quantitative estimate of drug-likeness (QED) is 0.311. The van der Waals surface area contributed by atoms with Gasteiger partial charge in [-0.15, -0.1) is 0 Å². The van der Waals surface area contributed by atoms with E-state index in [1.165, 1.54) is 12.1 Å². The Morgan fingerprint density at radius 1 is 1.07 bits per heavy atom. The fraction of sp³-hybridized carbons (Fsp3) is 0.419. The van der Waals surface area contributed by atoms with Crippen molar-refractivity contribution in [3.63, 3.8) is 0 Å². The Labute approximate surface area is 240 Å². The van der Waals surface area contributed by atoms with Gasteiger partial charge in [-0.05, 0) is 49.3 Å². The Hall–Kier alpha value is -4.38. The number of esters is 3. The number of phenolic OH excluding ortho intramolecular Hbond substituents is 1. The van der Waals surface area contributed by atoms with Gasteiger partial charge in [-0.25, -0.2) is 9.59 Å². The SMILES string of the molecule is CC(=O)O[C@@H](CC(=O)O)C(=O)O[C@H](C(=O)OC1=CC[C@@]2(O)[C@@H]3CCC[C@@]24c2c(ccc(O)c2O[C@@H]14)C3)c1ccccc1. The summed E-state index contributed by atoms with van der Waals surface area (Å²) in [6, 6.07) is 11.4. The summed E-state index contributed by atoms with van der Waals surface area (Å²) in [7, 11) is 0. The number of ether oxygens (including phenoxy) is 4. The lowest BCUT2D eigenvalue weighted by atomic mass is 9.47. The van der Waals surface area contributed by atoms with Crippen LogP contribution in [0.2, 0.25) is 0 Å². The number of aromatic hydroxyl groups is 1. The molecule has 4 aliphatic rings. The molecule has 0 aromatic heterocycles. The van der Waals surface area contributed by atoms with E-state index in [0.717, 1.165) is 30.9 Å². The van der Waals surface area contributed by atoms with Gasteiger partial charge < -0.3 is 34.3 Å². The van der Waals surface area contributed by atoms with Crippen LogP contribution in [0, 0.1) is 5.92 Å². The second kappa shape index (κ2) is 10.2. The number of phenols is 1. The van der Waals surface area contributed by atoms with Crippen molar-refractivity contribution in [3.8, 4) is 11.5 Å². The maximum Gasteiger partial charge on any atom is 0.357 e. The smallest absolute Gasteiger partial charge is 0.357 e. The van der Waals surface area contributed by atoms with E-state index in [0.29, 0.717) is 12.8 Å². The topological polar surface area (TPSA) is 166 Å². The average molecular weight is 579 g/mol. The third kappa shape index (κ3) is 4.22. The van der Waals surface area contributed by atoms with Gasteiger partial charge in [0.15, 0.2) is 17.6 Å². The molecule has 1 heterocycles. The highest BCUT2D eigenvalue weighted by atomic mass is 16.6. The predicted molar refractivity (Wildman–Crippen MR) is 142 cm³/mol. The van der Waals surface area contributed by atoms with E-state index in [4.69, 9.17) is 18.9 Å². The number of carbonyl (C=O) groups is 4. The number of aliphatic hydroxyl groups is 1. The van der Waals surface area contributed by atoms with Gasteiger partial charge >= 0.3 is 23.9 Å². The molecule has 11 nitrogen and oxygen atoms in total. The molecule has 3 aliphatic carbocycles. The van der Waals surface area contributed by atoms with Gasteiger partial charge in [-0.3, -0.25) is 9.59 Å². The molecule has 220 valence electrons. The highest BCUT2D eigenvalue weighted by Crippen LogP contribution is 2.67. The van der Waals surface area contributed by atoms with Crippen molar-refractivity contribution in [3.05, 3.63) is 71.0 Å². The Morgan fingerprint density at radius 2 is 1.83 bits per heavy atom. The van der Waals surface area contributed by atoms with Crippen LogP contribution in [-0.2, 0) is 45.2 Å². The average Bonchev–Trinajstić information content (AvgIpc) is 3.29. The lowest BCUT2D eigenvalue weighted by molar-refractivity contribution is -0.181. The van der Waals surface area contributed by atoms with E-state index >= 15 is 0 Å². The minimum atomic E-state index is -1.78. The molecule has 0 amide bonds. The number of carbonyl (C=O) groups excluding carboxylic acids is 3. The molecule has 1 saturated carbocycles. The van der Waals surface area contributed by atoms with Crippen LogP contribution in [-0.4, -0.2) is 57.0 Å². The molecule has 2 bridgehead atoms. The van der Waals surface area contributed by atoms with Crippen LogP contribution in [0.3, 0.4) is 0 Å². The van der Waals surface area contributed by atoms with E-state index in [1.807, 2.05) is 6.07 Å². The fourth-order valence-electron chi connectivity index (χ4n) is 7.31. The highest BCUT2D eigenvalue weighted by Gasteiger charge is 2.71. The molecule has 1 fully saturated rings. The van der Waals surface area contributed by atoms with Gasteiger partial charge in [0.2, 0.25) is 12.2 Å². The standard InChI is InChI=1S/C31H30O11/c1-16(32)39-22(15-23(34)35)28(36)42-25(17-6-3-2-4-7-17)29(37)40-21-11-13-31(38)19-8-5-12-30(31)24-18(14-19)9-10-20(33)26(24)41-27(21)30/h2-4,6-7,9-11,19,22,25,27,33,38H,5,8,12-15H2,1H3,(H,34,35)/t19-,22+,25+,27+,30+,31-/m1/s1. The molecule has 6 rings (SSSR count). The Balaban J connectivity index is 1.33. The molecule has 2 aromatic rings. The summed E-state index contributed by atoms with van der Waals surface area (Å²) in [5.74, 6) is -4.25. The molecule has 2 aromatic carbocycles. The highest BCUT2D eigenvalue weighted by molar-refractivity contribution is 5.87. The molecule has 0 saturated heterocycles. The second-order valence-corrected chi connectivity index (χ2v) is 11.3. The predicted octanol–water partition coefficient (Wildman–Crippen LogP) is 3.00. The number of carboxylic acid groups (broad SMARTS) is 1. The van der Waals surface area contributed by atoms with Gasteiger partial charge in [0.1, 0.15) is 5.76 Å². The largest absolute Gasteiger partial charge is 0.504 e. The first-order chi connectivity index (χ1) is 20.0. The van der Waals surface area contributed by atoms with Crippen molar-refractivity contribution in [2.45, 2.75) is 74.8 Å². The van der Waals surface area contributed by atoms with E-state index in [1.54, 1.807) is 30.3 Å². The van der Waals surface area contributed by atoms with Crippen LogP contribution < -0.4 is 4.74 Å². The van der Waals surface area contributed by atoms with E-state index < -0.39 is 59.6 Å². The summed E-state index contributed by atoms with van der Waals surface area (Å²) in [5, 5.41) is 32.1. The minimum Gasteiger partial charge on any atom is -0.504 e. The number of rotatable bonds is 8. The van der Waals surface area contributed by atoms with Crippen molar-refractivity contribution in [1.29, 1.82) is 0 Å². The van der Waals surface area contributed by atoms with E-state index in [-0.39, 0.29) is 35.2 Å². The maximum atomic E-state index is 13.7. The summed E-state index contributed by atoms with van der Waals surface area (Å²) in [4.78, 5) is 49.5. The molecule has 42 heavy (non-hydrogen) atoms. The molecule has 1 aliphatic heterocycles. The first-order valence-corrected chi connectivity index (χ1v) is 13.9. The summed E-state index contributed by atoms with van der Waals surface area (Å²) in [6.45, 7) is 1.02. The van der Waals surface area contributed by atoms with Crippen LogP contribution in [0.1, 0.15) is 61.8 Å².